The quantitative estimate of drug-likeness (QED) is 0.620. The minimum atomic E-state index is -0.536. The van der Waals surface area contributed by atoms with E-state index in [1.54, 1.807) is 31.0 Å². The van der Waals surface area contributed by atoms with E-state index in [4.69, 9.17) is 14.6 Å². The molecule has 2 aromatic carbocycles. The Kier molecular flexibility index (Phi) is 4.96. The molecule has 7 nitrogen and oxygen atoms in total. The van der Waals surface area contributed by atoms with E-state index in [9.17, 15) is 9.18 Å². The lowest BCUT2D eigenvalue weighted by atomic mass is 9.73. The number of carbonyl (C=O) groups is 1. The van der Waals surface area contributed by atoms with Gasteiger partial charge in [-0.05, 0) is 54.3 Å². The van der Waals surface area contributed by atoms with Gasteiger partial charge in [0.1, 0.15) is 23.4 Å². The van der Waals surface area contributed by atoms with E-state index in [0.717, 1.165) is 11.3 Å². The second-order valence-corrected chi connectivity index (χ2v) is 9.18. The number of halogens is 1. The van der Waals surface area contributed by atoms with Crippen LogP contribution in [-0.2, 0) is 4.79 Å². The second-order valence-electron chi connectivity index (χ2n) is 9.18. The molecule has 5 rings (SSSR count). The first-order valence-corrected chi connectivity index (χ1v) is 10.8. The summed E-state index contributed by atoms with van der Waals surface area (Å²) in [4.78, 5) is 18.1. The number of fused-ring (bicyclic) bond motifs is 1. The van der Waals surface area contributed by atoms with Crippen LogP contribution in [0.5, 0.6) is 11.5 Å². The summed E-state index contributed by atoms with van der Waals surface area (Å²) in [5, 5.41) is 8.09. The Hall–Kier alpha value is -3.68. The number of ether oxygens (including phenoxy) is 2. The molecule has 1 unspecified atom stereocenters. The molecule has 1 aliphatic carbocycles. The maximum absolute atomic E-state index is 13.5. The number of methoxy groups -OCH3 is 2. The molecule has 0 amide bonds. The van der Waals surface area contributed by atoms with Gasteiger partial charge in [-0.25, -0.2) is 9.07 Å². The fourth-order valence-electron chi connectivity index (χ4n) is 4.67. The minimum Gasteiger partial charge on any atom is -0.497 e. The number of carbonyl (C=O) groups excluding carboxylic acids is 1. The molecule has 1 atom stereocenters. The van der Waals surface area contributed by atoms with Gasteiger partial charge in [0.2, 0.25) is 5.95 Å². The van der Waals surface area contributed by atoms with Crippen LogP contribution in [0.2, 0.25) is 0 Å². The Bertz CT molecular complexity index is 1280. The van der Waals surface area contributed by atoms with Crippen molar-refractivity contribution in [2.45, 2.75) is 32.7 Å². The molecule has 0 spiro atoms. The maximum atomic E-state index is 13.5. The molecular formula is C25H25FN4O3. The lowest BCUT2D eigenvalue weighted by Crippen LogP contribution is -2.36. The van der Waals surface area contributed by atoms with Crippen LogP contribution in [-0.4, -0.2) is 34.8 Å². The zero-order valence-corrected chi connectivity index (χ0v) is 19.0. The van der Waals surface area contributed by atoms with E-state index in [0.29, 0.717) is 47.2 Å². The van der Waals surface area contributed by atoms with E-state index < -0.39 is 6.04 Å². The molecule has 1 aromatic heterocycles. The highest BCUT2D eigenvalue weighted by atomic mass is 19.1. The molecule has 8 heteroatoms. The number of hydrogen-bond donors (Lipinski definition) is 1. The van der Waals surface area contributed by atoms with Crippen molar-refractivity contribution in [3.63, 3.8) is 0 Å². The van der Waals surface area contributed by atoms with Gasteiger partial charge in [0.05, 0.1) is 14.2 Å². The first kappa shape index (κ1) is 21.2. The first-order chi connectivity index (χ1) is 15.8. The fourth-order valence-corrected chi connectivity index (χ4v) is 4.67. The monoisotopic (exact) mass is 448 g/mol. The summed E-state index contributed by atoms with van der Waals surface area (Å²) in [6.07, 6.45) is 1.14. The summed E-state index contributed by atoms with van der Waals surface area (Å²) in [7, 11) is 3.19. The van der Waals surface area contributed by atoms with Gasteiger partial charge in [-0.15, -0.1) is 5.10 Å². The molecule has 0 saturated carbocycles. The summed E-state index contributed by atoms with van der Waals surface area (Å²) in [6, 6.07) is 11.0. The summed E-state index contributed by atoms with van der Waals surface area (Å²) in [5.41, 5.74) is 2.77. The summed E-state index contributed by atoms with van der Waals surface area (Å²) in [6.45, 7) is 4.17. The van der Waals surface area contributed by atoms with Gasteiger partial charge in [-0.3, -0.25) is 4.79 Å². The molecule has 1 N–H and O–H groups in total. The number of ketones is 1. The number of benzene rings is 2. The molecule has 0 saturated heterocycles. The third kappa shape index (κ3) is 3.65. The van der Waals surface area contributed by atoms with E-state index in [1.165, 1.54) is 12.1 Å². The number of rotatable bonds is 4. The molecule has 1 aliphatic heterocycles. The van der Waals surface area contributed by atoms with Gasteiger partial charge >= 0.3 is 0 Å². The van der Waals surface area contributed by atoms with Crippen molar-refractivity contribution in [3.05, 3.63) is 65.1 Å². The van der Waals surface area contributed by atoms with Gasteiger partial charge in [0, 0.05) is 28.8 Å². The van der Waals surface area contributed by atoms with Crippen LogP contribution in [0.15, 0.2) is 53.7 Å². The van der Waals surface area contributed by atoms with Crippen LogP contribution in [0.1, 0.15) is 38.3 Å². The largest absolute Gasteiger partial charge is 0.497 e. The van der Waals surface area contributed by atoms with Crippen molar-refractivity contribution in [3.8, 4) is 22.9 Å². The van der Waals surface area contributed by atoms with Crippen LogP contribution in [0.4, 0.5) is 10.3 Å². The van der Waals surface area contributed by atoms with E-state index in [1.807, 2.05) is 18.2 Å². The number of hydrogen-bond acceptors (Lipinski definition) is 6. The molecule has 33 heavy (non-hydrogen) atoms. The van der Waals surface area contributed by atoms with Crippen LogP contribution >= 0.6 is 0 Å². The van der Waals surface area contributed by atoms with E-state index in [2.05, 4.69) is 24.1 Å². The van der Waals surface area contributed by atoms with E-state index in [-0.39, 0.29) is 17.0 Å². The van der Waals surface area contributed by atoms with Gasteiger partial charge in [-0.1, -0.05) is 13.8 Å². The van der Waals surface area contributed by atoms with Crippen LogP contribution in [0.25, 0.3) is 11.4 Å². The number of nitrogens with zero attached hydrogens (tertiary/aromatic N) is 3. The Morgan fingerprint density at radius 3 is 2.55 bits per heavy atom. The molecule has 0 radical (unpaired) electrons. The molecular weight excluding hydrogens is 423 g/mol. The van der Waals surface area contributed by atoms with Gasteiger partial charge < -0.3 is 14.8 Å². The van der Waals surface area contributed by atoms with Crippen molar-refractivity contribution < 1.29 is 18.7 Å². The number of nitrogens with one attached hydrogen (secondary N) is 1. The number of aromatic nitrogens is 3. The van der Waals surface area contributed by atoms with Crippen LogP contribution < -0.4 is 14.8 Å². The first-order valence-electron chi connectivity index (χ1n) is 10.8. The number of Topliss-reactive ketones (excluding diaryl/α,β-unsaturated/α-hetero) is 1. The summed E-state index contributed by atoms with van der Waals surface area (Å²) >= 11 is 0. The van der Waals surface area contributed by atoms with Crippen molar-refractivity contribution in [1.82, 2.24) is 14.8 Å². The van der Waals surface area contributed by atoms with Crippen molar-refractivity contribution in [2.75, 3.05) is 19.5 Å². The van der Waals surface area contributed by atoms with Gasteiger partial charge in [0.15, 0.2) is 11.6 Å². The molecule has 2 heterocycles. The Balaban J connectivity index is 1.72. The minimum absolute atomic E-state index is 0.0631. The lowest BCUT2D eigenvalue weighted by Gasteiger charge is -2.38. The highest BCUT2D eigenvalue weighted by molar-refractivity contribution is 6.00. The second kappa shape index (κ2) is 7.72. The zero-order valence-electron chi connectivity index (χ0n) is 19.0. The van der Waals surface area contributed by atoms with Gasteiger partial charge in [-0.2, -0.15) is 4.98 Å². The topological polar surface area (TPSA) is 78.3 Å². The molecule has 170 valence electrons. The third-order valence-corrected chi connectivity index (χ3v) is 6.17. The molecule has 0 fully saturated rings. The normalized spacial score (nSPS) is 18.9. The lowest BCUT2D eigenvalue weighted by molar-refractivity contribution is -0.118. The Morgan fingerprint density at radius 2 is 1.85 bits per heavy atom. The molecule has 2 aliphatic rings. The highest BCUT2D eigenvalue weighted by Crippen LogP contribution is 2.47. The van der Waals surface area contributed by atoms with Crippen LogP contribution in [0, 0.1) is 11.2 Å². The third-order valence-electron chi connectivity index (χ3n) is 6.17. The number of anilines is 1. The number of allylic oxidation sites excluding steroid dienone is 2. The zero-order chi connectivity index (χ0) is 23.3. The average molecular weight is 448 g/mol. The summed E-state index contributed by atoms with van der Waals surface area (Å²) < 4.78 is 26.3. The average Bonchev–Trinajstić information content (AvgIpc) is 3.20. The van der Waals surface area contributed by atoms with Crippen molar-refractivity contribution in [2.24, 2.45) is 5.41 Å². The Morgan fingerprint density at radius 1 is 1.09 bits per heavy atom. The predicted octanol–water partition coefficient (Wildman–Crippen LogP) is 4.76. The van der Waals surface area contributed by atoms with E-state index >= 15 is 0 Å². The smallest absolute Gasteiger partial charge is 0.226 e. The molecule has 3 aromatic rings. The standard InChI is InChI=1S/C25H25FN4O3/c1-25(2)12-18-21(19(31)13-25)22(17-11-16(32-3)9-10-20(17)33-4)30-24(27-18)28-23(29-30)14-5-7-15(26)8-6-14/h5-11,22H,12-13H2,1-4H3,(H,27,28,29). The fraction of sp³-hybridized carbons (Fsp3) is 0.320. The van der Waals surface area contributed by atoms with Crippen molar-refractivity contribution in [1.29, 1.82) is 0 Å². The Labute approximate surface area is 191 Å². The summed E-state index contributed by atoms with van der Waals surface area (Å²) in [5.74, 6) is 1.97. The van der Waals surface area contributed by atoms with Crippen LogP contribution in [0.3, 0.4) is 0 Å². The molecule has 0 bridgehead atoms. The maximum Gasteiger partial charge on any atom is 0.226 e. The SMILES string of the molecule is COc1ccc(OC)c(C2C3=C(CC(C)(C)CC3=O)Nc3nc(-c4ccc(F)cc4)nn32)c1. The highest BCUT2D eigenvalue weighted by Gasteiger charge is 2.42. The van der Waals surface area contributed by atoms with Crippen molar-refractivity contribution >= 4 is 11.7 Å². The predicted molar refractivity (Wildman–Crippen MR) is 122 cm³/mol. The van der Waals surface area contributed by atoms with Gasteiger partial charge in [0.25, 0.3) is 0 Å².